The largest absolute Gasteiger partial charge is 0.466 e. The van der Waals surface area contributed by atoms with Gasteiger partial charge in [0.2, 0.25) is 0 Å². The molecule has 0 atom stereocenters. The molecule has 0 aromatic heterocycles. The van der Waals surface area contributed by atoms with Crippen molar-refractivity contribution in [1.82, 2.24) is 5.32 Å². The maximum absolute atomic E-state index is 11.2. The van der Waals surface area contributed by atoms with Crippen molar-refractivity contribution >= 4 is 15.8 Å². The Kier molecular flexibility index (Phi) is 9.96. The number of carbonyl (C=O) groups excluding carboxylic acids is 1. The van der Waals surface area contributed by atoms with Crippen LogP contribution in [-0.2, 0) is 19.4 Å². The molecule has 0 rings (SSSR count). The van der Waals surface area contributed by atoms with Crippen molar-refractivity contribution in [2.75, 3.05) is 31.2 Å². The summed E-state index contributed by atoms with van der Waals surface area (Å²) in [6.07, 6.45) is 3.20. The van der Waals surface area contributed by atoms with E-state index in [0.29, 0.717) is 19.6 Å². The molecular formula is C12H25NO4S. The minimum Gasteiger partial charge on any atom is -0.466 e. The molecule has 0 saturated carbocycles. The van der Waals surface area contributed by atoms with Crippen LogP contribution in [0.1, 0.15) is 39.5 Å². The molecular weight excluding hydrogens is 254 g/mol. The highest BCUT2D eigenvalue weighted by Crippen LogP contribution is 2.00. The Bertz CT molecular complexity index is 314. The van der Waals surface area contributed by atoms with Crippen LogP contribution >= 0.6 is 0 Å². The Hall–Kier alpha value is -0.620. The molecule has 108 valence electrons. The van der Waals surface area contributed by atoms with E-state index in [-0.39, 0.29) is 17.5 Å². The SMILES string of the molecule is CCOC(=O)CCCCCNCCS(=O)(=O)CC. The van der Waals surface area contributed by atoms with E-state index in [1.165, 1.54) is 0 Å². The molecule has 18 heavy (non-hydrogen) atoms. The van der Waals surface area contributed by atoms with Crippen LogP contribution in [0.2, 0.25) is 0 Å². The third-order valence-electron chi connectivity index (χ3n) is 2.57. The molecule has 0 aromatic rings. The van der Waals surface area contributed by atoms with Gasteiger partial charge in [0, 0.05) is 18.7 Å². The standard InChI is InChI=1S/C12H25NO4S/c1-3-17-12(14)8-6-5-7-9-13-10-11-18(15,16)4-2/h13H,3-11H2,1-2H3. The van der Waals surface area contributed by atoms with E-state index in [9.17, 15) is 13.2 Å². The summed E-state index contributed by atoms with van der Waals surface area (Å²) in [5.41, 5.74) is 0. The average Bonchev–Trinajstić information content (AvgIpc) is 2.33. The van der Waals surface area contributed by atoms with Crippen molar-refractivity contribution in [2.24, 2.45) is 0 Å². The lowest BCUT2D eigenvalue weighted by Gasteiger charge is -2.05. The molecule has 0 aromatic carbocycles. The van der Waals surface area contributed by atoms with Gasteiger partial charge in [-0.05, 0) is 26.3 Å². The number of sulfone groups is 1. The van der Waals surface area contributed by atoms with Crippen molar-refractivity contribution in [3.05, 3.63) is 0 Å². The van der Waals surface area contributed by atoms with Crippen LogP contribution in [0, 0.1) is 0 Å². The van der Waals surface area contributed by atoms with Gasteiger partial charge in [-0.25, -0.2) is 8.42 Å². The summed E-state index contributed by atoms with van der Waals surface area (Å²) in [7, 11) is -2.86. The second-order valence-corrected chi connectivity index (χ2v) is 6.57. The summed E-state index contributed by atoms with van der Waals surface area (Å²) in [5.74, 6) is 0.264. The fourth-order valence-corrected chi connectivity index (χ4v) is 2.17. The normalized spacial score (nSPS) is 11.4. The van der Waals surface area contributed by atoms with E-state index in [1.54, 1.807) is 13.8 Å². The Morgan fingerprint density at radius 2 is 1.83 bits per heavy atom. The number of ether oxygens (including phenoxy) is 1. The first-order valence-corrected chi connectivity index (χ1v) is 8.40. The Balaban J connectivity index is 3.29. The number of unbranched alkanes of at least 4 members (excludes halogenated alkanes) is 2. The highest BCUT2D eigenvalue weighted by molar-refractivity contribution is 7.91. The van der Waals surface area contributed by atoms with Crippen LogP contribution < -0.4 is 5.32 Å². The summed E-state index contributed by atoms with van der Waals surface area (Å²) >= 11 is 0. The first-order chi connectivity index (χ1) is 8.52. The van der Waals surface area contributed by atoms with Gasteiger partial charge < -0.3 is 10.1 Å². The van der Waals surface area contributed by atoms with Gasteiger partial charge >= 0.3 is 5.97 Å². The van der Waals surface area contributed by atoms with Crippen molar-refractivity contribution in [3.63, 3.8) is 0 Å². The van der Waals surface area contributed by atoms with Gasteiger partial charge in [0.05, 0.1) is 12.4 Å². The second kappa shape index (κ2) is 10.3. The predicted octanol–water partition coefficient (Wildman–Crippen LogP) is 1.13. The average molecular weight is 279 g/mol. The van der Waals surface area contributed by atoms with E-state index in [0.717, 1.165) is 25.8 Å². The van der Waals surface area contributed by atoms with Crippen LogP contribution in [0.15, 0.2) is 0 Å². The third-order valence-corrected chi connectivity index (χ3v) is 4.28. The topological polar surface area (TPSA) is 72.5 Å². The minimum absolute atomic E-state index is 0.139. The summed E-state index contributed by atoms with van der Waals surface area (Å²) in [4.78, 5) is 11.0. The fourth-order valence-electron chi connectivity index (χ4n) is 1.43. The third kappa shape index (κ3) is 10.5. The van der Waals surface area contributed by atoms with Gasteiger partial charge in [-0.15, -0.1) is 0 Å². The second-order valence-electron chi connectivity index (χ2n) is 4.10. The quantitative estimate of drug-likeness (QED) is 0.453. The summed E-state index contributed by atoms with van der Waals surface area (Å²) in [6.45, 7) is 5.19. The fraction of sp³-hybridized carbons (Fsp3) is 0.917. The lowest BCUT2D eigenvalue weighted by atomic mass is 10.2. The Labute approximate surface area is 110 Å². The molecule has 0 saturated heterocycles. The summed E-state index contributed by atoms with van der Waals surface area (Å²) in [5, 5.41) is 3.09. The van der Waals surface area contributed by atoms with Gasteiger partial charge in [0.1, 0.15) is 0 Å². The van der Waals surface area contributed by atoms with Crippen LogP contribution in [0.3, 0.4) is 0 Å². The maximum atomic E-state index is 11.2. The molecule has 0 aliphatic carbocycles. The number of hydrogen-bond acceptors (Lipinski definition) is 5. The smallest absolute Gasteiger partial charge is 0.305 e. The van der Waals surface area contributed by atoms with Gasteiger partial charge in [0.15, 0.2) is 9.84 Å². The molecule has 0 amide bonds. The molecule has 1 N–H and O–H groups in total. The number of nitrogens with one attached hydrogen (secondary N) is 1. The highest BCUT2D eigenvalue weighted by Gasteiger charge is 2.05. The zero-order chi connectivity index (χ0) is 13.9. The van der Waals surface area contributed by atoms with Crippen LogP contribution in [-0.4, -0.2) is 45.6 Å². The monoisotopic (exact) mass is 279 g/mol. The number of carbonyl (C=O) groups is 1. The Morgan fingerprint density at radius 1 is 1.11 bits per heavy atom. The van der Waals surface area contributed by atoms with Crippen molar-refractivity contribution in [1.29, 1.82) is 0 Å². The molecule has 0 heterocycles. The lowest BCUT2D eigenvalue weighted by Crippen LogP contribution is -2.24. The minimum atomic E-state index is -2.86. The van der Waals surface area contributed by atoms with Gasteiger partial charge in [-0.1, -0.05) is 13.3 Å². The molecule has 0 aliphatic rings. The van der Waals surface area contributed by atoms with Gasteiger partial charge in [-0.3, -0.25) is 4.79 Å². The molecule has 0 spiro atoms. The van der Waals surface area contributed by atoms with Crippen molar-refractivity contribution < 1.29 is 17.9 Å². The number of hydrogen-bond donors (Lipinski definition) is 1. The molecule has 0 bridgehead atoms. The molecule has 0 radical (unpaired) electrons. The van der Waals surface area contributed by atoms with Crippen LogP contribution in [0.4, 0.5) is 0 Å². The maximum Gasteiger partial charge on any atom is 0.305 e. The zero-order valence-electron chi connectivity index (χ0n) is 11.4. The molecule has 0 unspecified atom stereocenters. The van der Waals surface area contributed by atoms with Crippen LogP contribution in [0.5, 0.6) is 0 Å². The van der Waals surface area contributed by atoms with E-state index >= 15 is 0 Å². The van der Waals surface area contributed by atoms with E-state index < -0.39 is 9.84 Å². The number of rotatable bonds is 11. The van der Waals surface area contributed by atoms with E-state index in [2.05, 4.69) is 5.32 Å². The first-order valence-electron chi connectivity index (χ1n) is 6.58. The molecule has 0 aliphatic heterocycles. The van der Waals surface area contributed by atoms with Crippen molar-refractivity contribution in [2.45, 2.75) is 39.5 Å². The lowest BCUT2D eigenvalue weighted by molar-refractivity contribution is -0.143. The van der Waals surface area contributed by atoms with Crippen molar-refractivity contribution in [3.8, 4) is 0 Å². The summed E-state index contributed by atoms with van der Waals surface area (Å²) in [6, 6.07) is 0. The summed E-state index contributed by atoms with van der Waals surface area (Å²) < 4.78 is 27.2. The predicted molar refractivity (Wildman–Crippen MR) is 72.3 cm³/mol. The van der Waals surface area contributed by atoms with Gasteiger partial charge in [-0.2, -0.15) is 0 Å². The van der Waals surface area contributed by atoms with E-state index in [1.807, 2.05) is 0 Å². The zero-order valence-corrected chi connectivity index (χ0v) is 12.2. The molecule has 0 fully saturated rings. The first kappa shape index (κ1) is 17.4. The van der Waals surface area contributed by atoms with Crippen LogP contribution in [0.25, 0.3) is 0 Å². The molecule has 5 nitrogen and oxygen atoms in total. The van der Waals surface area contributed by atoms with E-state index in [4.69, 9.17) is 4.74 Å². The Morgan fingerprint density at radius 3 is 2.44 bits per heavy atom. The van der Waals surface area contributed by atoms with Gasteiger partial charge in [0.25, 0.3) is 0 Å². The number of esters is 1. The highest BCUT2D eigenvalue weighted by atomic mass is 32.2. The molecule has 6 heteroatoms.